The van der Waals surface area contributed by atoms with Gasteiger partial charge in [0.05, 0.1) is 5.69 Å². The van der Waals surface area contributed by atoms with Gasteiger partial charge in [-0.3, -0.25) is 5.10 Å². The van der Waals surface area contributed by atoms with Gasteiger partial charge in [0.1, 0.15) is 11.4 Å². The molecule has 5 nitrogen and oxygen atoms in total. The van der Waals surface area contributed by atoms with Crippen molar-refractivity contribution in [3.63, 3.8) is 0 Å². The van der Waals surface area contributed by atoms with E-state index in [0.717, 1.165) is 22.5 Å². The van der Waals surface area contributed by atoms with Crippen LogP contribution in [0.4, 0.5) is 9.18 Å². The lowest BCUT2D eigenvalue weighted by Crippen LogP contribution is -2.38. The molecule has 0 radical (unpaired) electrons. The zero-order chi connectivity index (χ0) is 17.3. The molecule has 1 aliphatic heterocycles. The first-order chi connectivity index (χ1) is 11.3. The predicted octanol–water partition coefficient (Wildman–Crippen LogP) is 3.55. The predicted molar refractivity (Wildman–Crippen MR) is 89.2 cm³/mol. The summed E-state index contributed by atoms with van der Waals surface area (Å²) in [5, 5.41) is 7.39. The number of hydrogen-bond donors (Lipinski definition) is 1. The molecule has 1 aliphatic rings. The molecule has 6 heteroatoms. The zero-order valence-corrected chi connectivity index (χ0v) is 14.2. The molecular weight excluding hydrogens is 309 g/mol. The lowest BCUT2D eigenvalue weighted by Gasteiger charge is -2.26. The third-order valence-corrected chi connectivity index (χ3v) is 3.97. The van der Waals surface area contributed by atoms with E-state index in [9.17, 15) is 9.18 Å². The minimum absolute atomic E-state index is 0.284. The first-order valence-electron chi connectivity index (χ1n) is 8.13. The number of rotatable bonds is 1. The summed E-state index contributed by atoms with van der Waals surface area (Å²) in [6, 6.07) is 6.41. The van der Waals surface area contributed by atoms with Crippen LogP contribution >= 0.6 is 0 Å². The Labute approximate surface area is 140 Å². The van der Waals surface area contributed by atoms with E-state index >= 15 is 0 Å². The lowest BCUT2D eigenvalue weighted by atomic mass is 10.0. The Morgan fingerprint density at radius 3 is 2.75 bits per heavy atom. The van der Waals surface area contributed by atoms with Crippen LogP contribution in [0.3, 0.4) is 0 Å². The van der Waals surface area contributed by atoms with Gasteiger partial charge in [0, 0.05) is 36.3 Å². The van der Waals surface area contributed by atoms with Crippen LogP contribution in [0.15, 0.2) is 24.3 Å². The maximum absolute atomic E-state index is 13.5. The molecule has 24 heavy (non-hydrogen) atoms. The number of ether oxygens (including phenoxy) is 1. The van der Waals surface area contributed by atoms with Gasteiger partial charge in [0.15, 0.2) is 0 Å². The quantitative estimate of drug-likeness (QED) is 0.869. The highest BCUT2D eigenvalue weighted by Gasteiger charge is 2.26. The first kappa shape index (κ1) is 16.5. The normalized spacial score (nSPS) is 14.9. The fraction of sp³-hybridized carbons (Fsp3) is 0.444. The Kier molecular flexibility index (Phi) is 4.30. The maximum atomic E-state index is 13.5. The van der Waals surface area contributed by atoms with E-state index in [1.165, 1.54) is 12.1 Å². The van der Waals surface area contributed by atoms with Gasteiger partial charge in [-0.2, -0.15) is 5.10 Å². The average Bonchev–Trinajstić information content (AvgIpc) is 2.77. The van der Waals surface area contributed by atoms with Crippen LogP contribution in [0.5, 0.6) is 0 Å². The van der Waals surface area contributed by atoms with Gasteiger partial charge >= 0.3 is 6.09 Å². The second kappa shape index (κ2) is 6.26. The Morgan fingerprint density at radius 1 is 1.29 bits per heavy atom. The summed E-state index contributed by atoms with van der Waals surface area (Å²) < 4.78 is 18.9. The van der Waals surface area contributed by atoms with Crippen molar-refractivity contribution in [2.24, 2.45) is 0 Å². The highest BCUT2D eigenvalue weighted by molar-refractivity contribution is 5.69. The number of carbonyl (C=O) groups is 1. The molecule has 0 aliphatic carbocycles. The average molecular weight is 331 g/mol. The van der Waals surface area contributed by atoms with E-state index in [1.54, 1.807) is 11.0 Å². The molecule has 0 spiro atoms. The second-order valence-electron chi connectivity index (χ2n) is 7.01. The number of aromatic amines is 1. The summed E-state index contributed by atoms with van der Waals surface area (Å²) in [6.45, 7) is 6.71. The molecule has 0 saturated heterocycles. The van der Waals surface area contributed by atoms with Gasteiger partial charge in [-0.1, -0.05) is 12.1 Å². The fourth-order valence-electron chi connectivity index (χ4n) is 2.87. The van der Waals surface area contributed by atoms with Crippen LogP contribution in [0.1, 0.15) is 32.0 Å². The molecule has 2 heterocycles. The summed E-state index contributed by atoms with van der Waals surface area (Å²) in [4.78, 5) is 14.0. The SMILES string of the molecule is CC(C)(C)OC(=O)N1CCc2[nH]nc(-c3cccc(F)c3)c2CC1. The van der Waals surface area contributed by atoms with Crippen LogP contribution in [0.2, 0.25) is 0 Å². The van der Waals surface area contributed by atoms with Crippen LogP contribution in [0, 0.1) is 5.82 Å². The molecular formula is C18H22FN3O2. The van der Waals surface area contributed by atoms with Gasteiger partial charge in [0.25, 0.3) is 0 Å². The molecule has 0 fully saturated rings. The van der Waals surface area contributed by atoms with Crippen molar-refractivity contribution in [1.29, 1.82) is 0 Å². The van der Waals surface area contributed by atoms with Gasteiger partial charge in [0.2, 0.25) is 0 Å². The minimum Gasteiger partial charge on any atom is -0.444 e. The molecule has 3 rings (SSSR count). The number of carbonyl (C=O) groups excluding carboxylic acids is 1. The summed E-state index contributed by atoms with van der Waals surface area (Å²) in [6.07, 6.45) is 1.04. The molecule has 0 bridgehead atoms. The Balaban J connectivity index is 1.79. The molecule has 0 unspecified atom stereocenters. The Bertz CT molecular complexity index is 749. The van der Waals surface area contributed by atoms with E-state index < -0.39 is 5.60 Å². The van der Waals surface area contributed by atoms with Gasteiger partial charge < -0.3 is 9.64 Å². The molecule has 128 valence electrons. The highest BCUT2D eigenvalue weighted by Crippen LogP contribution is 2.27. The van der Waals surface area contributed by atoms with Gasteiger partial charge in [-0.25, -0.2) is 9.18 Å². The number of nitrogens with zero attached hydrogens (tertiary/aromatic N) is 2. The summed E-state index contributed by atoms with van der Waals surface area (Å²) in [5.41, 5.74) is 3.05. The van der Waals surface area contributed by atoms with Crippen molar-refractivity contribution in [2.75, 3.05) is 13.1 Å². The van der Waals surface area contributed by atoms with Crippen molar-refractivity contribution in [1.82, 2.24) is 15.1 Å². The Hall–Kier alpha value is -2.37. The molecule has 1 aromatic carbocycles. The van der Waals surface area contributed by atoms with E-state index in [2.05, 4.69) is 10.2 Å². The maximum Gasteiger partial charge on any atom is 0.410 e. The largest absolute Gasteiger partial charge is 0.444 e. The van der Waals surface area contributed by atoms with Crippen molar-refractivity contribution < 1.29 is 13.9 Å². The molecule has 1 amide bonds. The van der Waals surface area contributed by atoms with E-state index in [4.69, 9.17) is 4.74 Å². The molecule has 1 N–H and O–H groups in total. The van der Waals surface area contributed by atoms with Crippen molar-refractivity contribution in [2.45, 2.75) is 39.2 Å². The summed E-state index contributed by atoms with van der Waals surface area (Å²) >= 11 is 0. The number of halogens is 1. The minimum atomic E-state index is -0.508. The number of aromatic nitrogens is 2. The third kappa shape index (κ3) is 3.58. The van der Waals surface area contributed by atoms with Crippen LogP contribution in [-0.2, 0) is 17.6 Å². The zero-order valence-electron chi connectivity index (χ0n) is 14.2. The monoisotopic (exact) mass is 331 g/mol. The fourth-order valence-corrected chi connectivity index (χ4v) is 2.87. The Morgan fingerprint density at radius 2 is 2.04 bits per heavy atom. The van der Waals surface area contributed by atoms with Crippen molar-refractivity contribution in [3.05, 3.63) is 41.3 Å². The summed E-state index contributed by atoms with van der Waals surface area (Å²) in [7, 11) is 0. The number of amides is 1. The summed E-state index contributed by atoms with van der Waals surface area (Å²) in [5.74, 6) is -0.284. The standard InChI is InChI=1S/C18H22FN3O2/c1-18(2,3)24-17(23)22-9-7-14-15(8-10-22)20-21-16(14)12-5-4-6-13(19)11-12/h4-6,11H,7-10H2,1-3H3,(H,20,21). The van der Waals surface area contributed by atoms with Crippen LogP contribution < -0.4 is 0 Å². The van der Waals surface area contributed by atoms with E-state index in [1.807, 2.05) is 26.8 Å². The first-order valence-corrected chi connectivity index (χ1v) is 8.13. The smallest absolute Gasteiger partial charge is 0.410 e. The number of H-pyrrole nitrogens is 1. The van der Waals surface area contributed by atoms with Crippen LogP contribution in [-0.4, -0.2) is 39.9 Å². The van der Waals surface area contributed by atoms with Gasteiger partial charge in [-0.05, 0) is 39.3 Å². The number of hydrogen-bond acceptors (Lipinski definition) is 3. The number of fused-ring (bicyclic) bond motifs is 1. The van der Waals surface area contributed by atoms with Crippen molar-refractivity contribution >= 4 is 6.09 Å². The lowest BCUT2D eigenvalue weighted by molar-refractivity contribution is 0.0258. The molecule has 0 atom stereocenters. The van der Waals surface area contributed by atoms with E-state index in [-0.39, 0.29) is 11.9 Å². The highest BCUT2D eigenvalue weighted by atomic mass is 19.1. The second-order valence-corrected chi connectivity index (χ2v) is 7.01. The van der Waals surface area contributed by atoms with E-state index in [0.29, 0.717) is 25.9 Å². The van der Waals surface area contributed by atoms with Crippen molar-refractivity contribution in [3.8, 4) is 11.3 Å². The topological polar surface area (TPSA) is 58.2 Å². The van der Waals surface area contributed by atoms with Crippen LogP contribution in [0.25, 0.3) is 11.3 Å². The molecule has 1 aromatic heterocycles. The number of benzene rings is 1. The van der Waals surface area contributed by atoms with Gasteiger partial charge in [-0.15, -0.1) is 0 Å². The number of nitrogens with one attached hydrogen (secondary N) is 1. The third-order valence-electron chi connectivity index (χ3n) is 3.97. The molecule has 2 aromatic rings. The molecule has 0 saturated carbocycles.